The fourth-order valence-corrected chi connectivity index (χ4v) is 3.98. The second-order valence-corrected chi connectivity index (χ2v) is 7.70. The van der Waals surface area contributed by atoms with Gasteiger partial charge in [-0.3, -0.25) is 0 Å². The van der Waals surface area contributed by atoms with E-state index in [1.54, 1.807) is 0 Å². The van der Waals surface area contributed by atoms with Crippen LogP contribution in [0.3, 0.4) is 0 Å². The summed E-state index contributed by atoms with van der Waals surface area (Å²) >= 11 is 0. The quantitative estimate of drug-likeness (QED) is 0.375. The number of aliphatic hydroxyl groups excluding tert-OH is 1. The van der Waals surface area contributed by atoms with Gasteiger partial charge in [-0.1, -0.05) is 67.6 Å². The Morgan fingerprint density at radius 1 is 0.969 bits per heavy atom. The molecule has 32 heavy (non-hydrogen) atoms. The molecule has 170 valence electrons. The number of rotatable bonds is 8. The van der Waals surface area contributed by atoms with Gasteiger partial charge < -0.3 is 19.7 Å². The standard InChI is InChI=1S/C26H28N2O2.CH4.H2S/c1-19-7-6-8-20(15-19)18-30-23-11-12-24-22(16-23)13-14-28(24)26(25(29)17-27-2)21-9-4-3-5-10-21;;/h3-16,25-27,29H,17-18H2,1-2H3;1H4;1H2/t25-,26+;;/m1../s1. The smallest absolute Gasteiger partial charge is 0.120 e. The predicted molar refractivity (Wildman–Crippen MR) is 139 cm³/mol. The normalized spacial score (nSPS) is 12.5. The highest BCUT2D eigenvalue weighted by Gasteiger charge is 2.23. The monoisotopic (exact) mass is 450 g/mol. The predicted octanol–water partition coefficient (Wildman–Crippen LogP) is 5.45. The molecule has 0 bridgehead atoms. The van der Waals surface area contributed by atoms with E-state index in [1.165, 1.54) is 5.56 Å². The minimum atomic E-state index is -0.551. The first-order valence-corrected chi connectivity index (χ1v) is 10.3. The van der Waals surface area contributed by atoms with Crippen LogP contribution in [0, 0.1) is 6.92 Å². The molecule has 0 spiro atoms. The Hall–Kier alpha value is -2.73. The van der Waals surface area contributed by atoms with E-state index in [2.05, 4.69) is 71.4 Å². The van der Waals surface area contributed by atoms with Gasteiger partial charge in [-0.15, -0.1) is 0 Å². The van der Waals surface area contributed by atoms with Crippen LogP contribution in [0.2, 0.25) is 0 Å². The van der Waals surface area contributed by atoms with Crippen molar-refractivity contribution < 1.29 is 9.84 Å². The third kappa shape index (κ3) is 5.74. The van der Waals surface area contributed by atoms with Crippen molar-refractivity contribution in [2.75, 3.05) is 13.6 Å². The first-order valence-electron chi connectivity index (χ1n) is 10.3. The number of hydrogen-bond donors (Lipinski definition) is 2. The molecule has 2 N–H and O–H groups in total. The molecular formula is C27H34N2O2S. The fraction of sp³-hybridized carbons (Fsp3) is 0.259. The SMILES string of the molecule is C.CNC[C@@H](O)[C@H](c1ccccc1)n1ccc2cc(OCc3cccc(C)c3)ccc21.S. The average molecular weight is 451 g/mol. The van der Waals surface area contributed by atoms with E-state index in [4.69, 9.17) is 4.74 Å². The van der Waals surface area contributed by atoms with Gasteiger partial charge in [-0.25, -0.2) is 0 Å². The first kappa shape index (κ1) is 25.5. The number of nitrogens with one attached hydrogen (secondary N) is 1. The van der Waals surface area contributed by atoms with Gasteiger partial charge in [0, 0.05) is 23.6 Å². The molecule has 1 heterocycles. The van der Waals surface area contributed by atoms with Gasteiger partial charge >= 0.3 is 0 Å². The summed E-state index contributed by atoms with van der Waals surface area (Å²) in [5.41, 5.74) is 4.54. The Balaban J connectivity index is 0.00000181. The maximum absolute atomic E-state index is 10.9. The molecule has 0 saturated carbocycles. The summed E-state index contributed by atoms with van der Waals surface area (Å²) in [6.45, 7) is 3.14. The van der Waals surface area contributed by atoms with Crippen LogP contribution in [0.1, 0.15) is 30.2 Å². The third-order valence-electron chi connectivity index (χ3n) is 5.40. The molecule has 1 aromatic heterocycles. The highest BCUT2D eigenvalue weighted by molar-refractivity contribution is 7.59. The Labute approximate surface area is 198 Å². The highest BCUT2D eigenvalue weighted by atomic mass is 32.1. The Kier molecular flexibility index (Phi) is 9.39. The molecule has 3 aromatic carbocycles. The second kappa shape index (κ2) is 11.8. The maximum atomic E-state index is 10.9. The summed E-state index contributed by atoms with van der Waals surface area (Å²) in [6.07, 6.45) is 1.50. The van der Waals surface area contributed by atoms with Crippen molar-refractivity contribution in [3.63, 3.8) is 0 Å². The van der Waals surface area contributed by atoms with Gasteiger partial charge in [0.2, 0.25) is 0 Å². The van der Waals surface area contributed by atoms with E-state index >= 15 is 0 Å². The number of aliphatic hydroxyl groups is 1. The van der Waals surface area contributed by atoms with Crippen molar-refractivity contribution in [1.82, 2.24) is 9.88 Å². The molecule has 4 nitrogen and oxygen atoms in total. The number of ether oxygens (including phenoxy) is 1. The number of nitrogens with zero attached hydrogens (tertiary/aromatic N) is 1. The Morgan fingerprint density at radius 2 is 1.75 bits per heavy atom. The van der Waals surface area contributed by atoms with E-state index in [9.17, 15) is 5.11 Å². The van der Waals surface area contributed by atoms with Crippen molar-refractivity contribution in [1.29, 1.82) is 0 Å². The molecule has 4 rings (SSSR count). The number of fused-ring (bicyclic) bond motifs is 1. The van der Waals surface area contributed by atoms with Crippen LogP contribution in [-0.4, -0.2) is 29.4 Å². The minimum Gasteiger partial charge on any atom is -0.489 e. The lowest BCUT2D eigenvalue weighted by Crippen LogP contribution is -2.33. The molecule has 2 atom stereocenters. The molecule has 4 aromatic rings. The molecule has 0 amide bonds. The van der Waals surface area contributed by atoms with Crippen LogP contribution in [0.4, 0.5) is 0 Å². The average Bonchev–Trinajstić information content (AvgIpc) is 3.16. The van der Waals surface area contributed by atoms with Crippen LogP contribution in [-0.2, 0) is 6.61 Å². The van der Waals surface area contributed by atoms with E-state index < -0.39 is 6.10 Å². The molecule has 0 radical (unpaired) electrons. The van der Waals surface area contributed by atoms with Crippen LogP contribution in [0.25, 0.3) is 10.9 Å². The number of likely N-dealkylation sites (N-methyl/N-ethyl adjacent to an activating group) is 1. The van der Waals surface area contributed by atoms with Gasteiger partial charge in [0.1, 0.15) is 12.4 Å². The van der Waals surface area contributed by atoms with Crippen LogP contribution < -0.4 is 10.1 Å². The molecule has 0 aliphatic heterocycles. The highest BCUT2D eigenvalue weighted by Crippen LogP contribution is 2.30. The fourth-order valence-electron chi connectivity index (χ4n) is 3.98. The number of hydrogen-bond acceptors (Lipinski definition) is 3. The van der Waals surface area contributed by atoms with Crippen LogP contribution in [0.15, 0.2) is 85.1 Å². The summed E-state index contributed by atoms with van der Waals surface area (Å²) < 4.78 is 8.18. The summed E-state index contributed by atoms with van der Waals surface area (Å²) in [5.74, 6) is 0.841. The largest absolute Gasteiger partial charge is 0.489 e. The van der Waals surface area contributed by atoms with E-state index in [-0.39, 0.29) is 27.0 Å². The van der Waals surface area contributed by atoms with Gasteiger partial charge in [0.25, 0.3) is 0 Å². The van der Waals surface area contributed by atoms with Crippen LogP contribution in [0.5, 0.6) is 5.75 Å². The van der Waals surface area contributed by atoms with E-state index in [0.717, 1.165) is 27.8 Å². The summed E-state index contributed by atoms with van der Waals surface area (Å²) in [4.78, 5) is 0. The molecule has 0 saturated heterocycles. The van der Waals surface area contributed by atoms with Crippen molar-refractivity contribution in [3.05, 3.63) is 102 Å². The van der Waals surface area contributed by atoms with Crippen molar-refractivity contribution in [2.24, 2.45) is 0 Å². The van der Waals surface area contributed by atoms with Crippen molar-refractivity contribution in [2.45, 2.75) is 33.1 Å². The molecule has 0 aliphatic carbocycles. The Bertz CT molecular complexity index is 1110. The lowest BCUT2D eigenvalue weighted by atomic mass is 10.0. The number of aryl methyl sites for hydroxylation is 1. The summed E-state index contributed by atoms with van der Waals surface area (Å²) in [6, 6.07) is 26.6. The van der Waals surface area contributed by atoms with Crippen LogP contribution >= 0.6 is 13.5 Å². The maximum Gasteiger partial charge on any atom is 0.120 e. The van der Waals surface area contributed by atoms with Gasteiger partial charge in [-0.2, -0.15) is 13.5 Å². The minimum absolute atomic E-state index is 0. The molecular weight excluding hydrogens is 416 g/mol. The van der Waals surface area contributed by atoms with Gasteiger partial charge in [0.15, 0.2) is 0 Å². The molecule has 0 aliphatic rings. The molecule has 0 unspecified atom stereocenters. The lowest BCUT2D eigenvalue weighted by molar-refractivity contribution is 0.132. The van der Waals surface area contributed by atoms with Crippen molar-refractivity contribution >= 4 is 24.4 Å². The summed E-state index contributed by atoms with van der Waals surface area (Å²) in [5, 5.41) is 15.1. The molecule has 0 fully saturated rings. The second-order valence-electron chi connectivity index (χ2n) is 7.70. The lowest BCUT2D eigenvalue weighted by Gasteiger charge is -2.26. The zero-order chi connectivity index (χ0) is 20.9. The Morgan fingerprint density at radius 3 is 2.47 bits per heavy atom. The first-order chi connectivity index (χ1) is 14.7. The summed E-state index contributed by atoms with van der Waals surface area (Å²) in [7, 11) is 1.86. The van der Waals surface area contributed by atoms with E-state index in [0.29, 0.717) is 13.2 Å². The molecule has 5 heteroatoms. The zero-order valence-corrected chi connectivity index (χ0v) is 19.0. The number of benzene rings is 3. The third-order valence-corrected chi connectivity index (χ3v) is 5.40. The van der Waals surface area contributed by atoms with Gasteiger partial charge in [-0.05, 0) is 49.4 Å². The topological polar surface area (TPSA) is 46.4 Å². The zero-order valence-electron chi connectivity index (χ0n) is 18.0. The van der Waals surface area contributed by atoms with E-state index in [1.807, 2.05) is 37.5 Å². The van der Waals surface area contributed by atoms with Gasteiger partial charge in [0.05, 0.1) is 12.1 Å². The number of aromatic nitrogens is 1. The van der Waals surface area contributed by atoms with Crippen molar-refractivity contribution in [3.8, 4) is 5.75 Å².